The quantitative estimate of drug-likeness (QED) is 0.553. The van der Waals surface area contributed by atoms with Crippen LogP contribution >= 0.6 is 0 Å². The molecule has 0 heterocycles. The van der Waals surface area contributed by atoms with E-state index in [1.807, 2.05) is 0 Å². The third-order valence-electron chi connectivity index (χ3n) is 5.08. The van der Waals surface area contributed by atoms with Crippen LogP contribution in [-0.2, 0) is 17.1 Å². The van der Waals surface area contributed by atoms with Crippen molar-refractivity contribution in [3.8, 4) is 0 Å². The van der Waals surface area contributed by atoms with Gasteiger partial charge in [-0.1, -0.05) is 48.6 Å². The molecule has 0 fully saturated rings. The Morgan fingerprint density at radius 3 is 1.43 bits per heavy atom. The number of allylic oxidation sites excluding steroid dienone is 2. The fraction of sp³-hybridized carbons (Fsp3) is 0.190. The van der Waals surface area contributed by atoms with Crippen LogP contribution in [0.25, 0.3) is 12.2 Å². The van der Waals surface area contributed by atoms with Gasteiger partial charge in [0.05, 0.1) is 23.0 Å². The summed E-state index contributed by atoms with van der Waals surface area (Å²) in [5.74, 6) is -2.33. The van der Waals surface area contributed by atoms with Gasteiger partial charge in [0.2, 0.25) is 0 Å². The second-order valence-electron chi connectivity index (χ2n) is 6.69. The average molecular weight is 394 g/mol. The first-order chi connectivity index (χ1) is 13.1. The number of fused-ring (bicyclic) bond motifs is 2. The molecule has 2 aliphatic carbocycles. The molecule has 2 unspecified atom stereocenters. The van der Waals surface area contributed by atoms with Gasteiger partial charge in [-0.05, 0) is 34.4 Å². The van der Waals surface area contributed by atoms with E-state index in [1.54, 1.807) is 0 Å². The number of ketones is 1. The van der Waals surface area contributed by atoms with Gasteiger partial charge in [-0.25, -0.2) is 0 Å². The lowest BCUT2D eigenvalue weighted by Crippen LogP contribution is -2.18. The Morgan fingerprint density at radius 2 is 1.07 bits per heavy atom. The van der Waals surface area contributed by atoms with Crippen molar-refractivity contribution in [1.29, 1.82) is 0 Å². The lowest BCUT2D eigenvalue weighted by Gasteiger charge is -2.18. The van der Waals surface area contributed by atoms with Gasteiger partial charge in [0, 0.05) is 0 Å². The Morgan fingerprint density at radius 1 is 0.679 bits per heavy atom. The summed E-state index contributed by atoms with van der Waals surface area (Å²) >= 11 is 0. The predicted octanol–water partition coefficient (Wildman–Crippen LogP) is 6.21. The maximum absolute atomic E-state index is 13.2. The van der Waals surface area contributed by atoms with E-state index in [0.29, 0.717) is 0 Å². The van der Waals surface area contributed by atoms with Crippen LogP contribution in [-0.4, -0.2) is 5.78 Å². The van der Waals surface area contributed by atoms with E-state index in [4.69, 9.17) is 0 Å². The van der Waals surface area contributed by atoms with Crippen molar-refractivity contribution in [1.82, 2.24) is 0 Å². The summed E-state index contributed by atoms with van der Waals surface area (Å²) in [6, 6.07) is 7.23. The molecular formula is C21H12F6O. The fourth-order valence-corrected chi connectivity index (χ4v) is 3.86. The molecule has 0 aliphatic heterocycles. The number of halogens is 6. The third kappa shape index (κ3) is 2.85. The molecule has 2 aromatic carbocycles. The minimum atomic E-state index is -4.56. The fourth-order valence-electron chi connectivity index (χ4n) is 3.86. The summed E-state index contributed by atoms with van der Waals surface area (Å²) < 4.78 is 79.1. The van der Waals surface area contributed by atoms with E-state index in [2.05, 4.69) is 0 Å². The molecule has 0 radical (unpaired) electrons. The number of carbonyl (C=O) groups is 1. The highest BCUT2D eigenvalue weighted by Crippen LogP contribution is 2.45. The Labute approximate surface area is 156 Å². The Hall–Kier alpha value is -2.83. The molecule has 0 saturated carbocycles. The topological polar surface area (TPSA) is 17.1 Å². The van der Waals surface area contributed by atoms with Crippen LogP contribution in [0.15, 0.2) is 48.6 Å². The van der Waals surface area contributed by atoms with Gasteiger partial charge in [0.15, 0.2) is 5.78 Å². The number of hydrogen-bond acceptors (Lipinski definition) is 1. The molecule has 2 aliphatic rings. The van der Waals surface area contributed by atoms with Crippen LogP contribution in [0.3, 0.4) is 0 Å². The molecule has 0 aromatic heterocycles. The minimum absolute atomic E-state index is 0.0698. The van der Waals surface area contributed by atoms with Crippen molar-refractivity contribution in [3.63, 3.8) is 0 Å². The molecule has 4 rings (SSSR count). The van der Waals surface area contributed by atoms with Gasteiger partial charge in [0.1, 0.15) is 0 Å². The SMILES string of the molecule is O=C(C1C=Cc2c1cccc2C(F)(F)F)C1C=Cc2c1cccc2C(F)(F)F. The number of alkyl halides is 6. The van der Waals surface area contributed by atoms with Crippen molar-refractivity contribution in [3.05, 3.63) is 81.9 Å². The number of rotatable bonds is 2. The van der Waals surface area contributed by atoms with E-state index in [0.717, 1.165) is 12.1 Å². The van der Waals surface area contributed by atoms with Crippen LogP contribution < -0.4 is 0 Å². The standard InChI is InChI=1S/C21H12F6O/c22-20(23,24)17-5-1-3-11-13(17)7-9-15(11)19(28)16-10-8-14-12(16)4-2-6-18(14)21(25,26)27/h1-10,15-16H. The van der Waals surface area contributed by atoms with E-state index in [1.165, 1.54) is 48.6 Å². The zero-order valence-electron chi connectivity index (χ0n) is 14.1. The number of benzene rings is 2. The van der Waals surface area contributed by atoms with Gasteiger partial charge in [0.25, 0.3) is 0 Å². The molecule has 2 atom stereocenters. The smallest absolute Gasteiger partial charge is 0.298 e. The second-order valence-corrected chi connectivity index (χ2v) is 6.69. The molecule has 28 heavy (non-hydrogen) atoms. The number of Topliss-reactive ketones (excluding diaryl/α,β-unsaturated/α-hetero) is 1. The minimum Gasteiger partial charge on any atom is -0.298 e. The van der Waals surface area contributed by atoms with Crippen LogP contribution in [0.2, 0.25) is 0 Å². The van der Waals surface area contributed by atoms with E-state index in [9.17, 15) is 31.1 Å². The van der Waals surface area contributed by atoms with Crippen LogP contribution in [0.5, 0.6) is 0 Å². The zero-order chi connectivity index (χ0) is 20.3. The Bertz CT molecular complexity index is 945. The number of carbonyl (C=O) groups excluding carboxylic acids is 1. The lowest BCUT2D eigenvalue weighted by atomic mass is 9.85. The lowest BCUT2D eigenvalue weighted by molar-refractivity contribution is -0.138. The highest BCUT2D eigenvalue weighted by Gasteiger charge is 2.40. The molecule has 144 valence electrons. The Balaban J connectivity index is 1.72. The highest BCUT2D eigenvalue weighted by molar-refractivity contribution is 6.00. The monoisotopic (exact) mass is 394 g/mol. The van der Waals surface area contributed by atoms with Gasteiger partial charge >= 0.3 is 12.4 Å². The highest BCUT2D eigenvalue weighted by atomic mass is 19.4. The van der Waals surface area contributed by atoms with E-state index in [-0.39, 0.29) is 22.3 Å². The molecule has 2 aromatic rings. The first-order valence-corrected chi connectivity index (χ1v) is 8.39. The van der Waals surface area contributed by atoms with Crippen LogP contribution in [0.4, 0.5) is 26.3 Å². The summed E-state index contributed by atoms with van der Waals surface area (Å²) in [5, 5.41) is 0. The molecule has 0 N–H and O–H groups in total. The average Bonchev–Trinajstić information content (AvgIpc) is 3.23. The van der Waals surface area contributed by atoms with Crippen LogP contribution in [0.1, 0.15) is 45.2 Å². The van der Waals surface area contributed by atoms with Gasteiger partial charge in [-0.3, -0.25) is 4.79 Å². The third-order valence-corrected chi connectivity index (χ3v) is 5.08. The van der Waals surface area contributed by atoms with Gasteiger partial charge < -0.3 is 0 Å². The summed E-state index contributed by atoms with van der Waals surface area (Å²) in [7, 11) is 0. The molecule has 7 heteroatoms. The summed E-state index contributed by atoms with van der Waals surface area (Å²) in [5.41, 5.74) is -1.38. The van der Waals surface area contributed by atoms with Crippen molar-refractivity contribution < 1.29 is 31.1 Å². The molecule has 1 nitrogen and oxygen atoms in total. The van der Waals surface area contributed by atoms with Crippen molar-refractivity contribution in [2.24, 2.45) is 0 Å². The predicted molar refractivity (Wildman–Crippen MR) is 91.4 cm³/mol. The molecule has 0 saturated heterocycles. The molecular weight excluding hydrogens is 382 g/mol. The van der Waals surface area contributed by atoms with Gasteiger partial charge in [-0.2, -0.15) is 26.3 Å². The molecule has 0 spiro atoms. The molecule has 0 bridgehead atoms. The summed E-state index contributed by atoms with van der Waals surface area (Å²) in [6.07, 6.45) is -3.85. The number of hydrogen-bond donors (Lipinski definition) is 0. The second kappa shape index (κ2) is 6.09. The summed E-state index contributed by atoms with van der Waals surface area (Å²) in [6.45, 7) is 0. The zero-order valence-corrected chi connectivity index (χ0v) is 14.1. The Kier molecular flexibility index (Phi) is 4.03. The van der Waals surface area contributed by atoms with Crippen molar-refractivity contribution in [2.75, 3.05) is 0 Å². The largest absolute Gasteiger partial charge is 0.416 e. The summed E-state index contributed by atoms with van der Waals surface area (Å²) in [4.78, 5) is 13.0. The van der Waals surface area contributed by atoms with E-state index >= 15 is 0 Å². The van der Waals surface area contributed by atoms with Crippen molar-refractivity contribution in [2.45, 2.75) is 24.2 Å². The maximum Gasteiger partial charge on any atom is 0.416 e. The van der Waals surface area contributed by atoms with E-state index < -0.39 is 41.1 Å². The maximum atomic E-state index is 13.2. The normalized spacial score (nSPS) is 20.4. The van der Waals surface area contributed by atoms with Crippen LogP contribution in [0, 0.1) is 0 Å². The van der Waals surface area contributed by atoms with Crippen molar-refractivity contribution >= 4 is 17.9 Å². The molecule has 0 amide bonds. The first kappa shape index (κ1) is 18.5. The van der Waals surface area contributed by atoms with Gasteiger partial charge in [-0.15, -0.1) is 0 Å². The first-order valence-electron chi connectivity index (χ1n) is 8.39.